The third-order valence-electron chi connectivity index (χ3n) is 5.65. The molecule has 5 nitrogen and oxygen atoms in total. The molecule has 0 N–H and O–H groups in total. The Morgan fingerprint density at radius 2 is 2.00 bits per heavy atom. The lowest BCUT2D eigenvalue weighted by Gasteiger charge is -2.29. The zero-order valence-corrected chi connectivity index (χ0v) is 19.6. The van der Waals surface area contributed by atoms with Crippen molar-refractivity contribution in [2.24, 2.45) is 0 Å². The van der Waals surface area contributed by atoms with Gasteiger partial charge in [-0.3, -0.25) is 3.97 Å². The summed E-state index contributed by atoms with van der Waals surface area (Å²) in [5.74, 6) is 0. The monoisotopic (exact) mass is 526 g/mol. The molecule has 1 fully saturated rings. The molecule has 0 aliphatic carbocycles. The summed E-state index contributed by atoms with van der Waals surface area (Å²) < 4.78 is 15.9. The molecule has 0 bridgehead atoms. The van der Waals surface area contributed by atoms with Gasteiger partial charge in [0.1, 0.15) is 6.07 Å². The van der Waals surface area contributed by atoms with Gasteiger partial charge < -0.3 is 4.90 Å². The first kappa shape index (κ1) is 20.3. The molecule has 8 heteroatoms. The maximum Gasteiger partial charge on any atom is 0.101 e. The minimum atomic E-state index is -0.932. The molecule has 1 atom stereocenters. The van der Waals surface area contributed by atoms with E-state index >= 15 is 0 Å². The molecule has 28 heavy (non-hydrogen) atoms. The van der Waals surface area contributed by atoms with Crippen molar-refractivity contribution >= 4 is 63.5 Å². The summed E-state index contributed by atoms with van der Waals surface area (Å²) in [7, 11) is 0.688. The van der Waals surface area contributed by atoms with E-state index in [-0.39, 0.29) is 0 Å². The first-order chi connectivity index (χ1) is 13.6. The second-order valence-corrected chi connectivity index (χ2v) is 10.3. The first-order valence-electron chi connectivity index (χ1n) is 9.54. The largest absolute Gasteiger partial charge is 0.371 e. The van der Waals surface area contributed by atoms with Gasteiger partial charge >= 0.3 is 0 Å². The van der Waals surface area contributed by atoms with E-state index in [0.29, 0.717) is 6.54 Å². The average Bonchev–Trinajstić information content (AvgIpc) is 3.13. The van der Waals surface area contributed by atoms with Gasteiger partial charge in [-0.15, -0.1) is 0 Å². The van der Waals surface area contributed by atoms with Gasteiger partial charge in [0.25, 0.3) is 0 Å². The van der Waals surface area contributed by atoms with Crippen molar-refractivity contribution < 1.29 is 4.21 Å². The van der Waals surface area contributed by atoms with E-state index in [2.05, 4.69) is 54.4 Å². The average molecular weight is 526 g/mol. The van der Waals surface area contributed by atoms with E-state index in [4.69, 9.17) is 0 Å². The summed E-state index contributed by atoms with van der Waals surface area (Å²) in [4.78, 5) is 2.47. The van der Waals surface area contributed by atoms with Crippen molar-refractivity contribution in [3.63, 3.8) is 0 Å². The Labute approximate surface area is 185 Å². The molecule has 3 heterocycles. The molecule has 1 aromatic heterocycles. The van der Waals surface area contributed by atoms with E-state index < -0.39 is 11.0 Å². The van der Waals surface area contributed by atoms with Crippen LogP contribution in [-0.4, -0.2) is 44.9 Å². The Morgan fingerprint density at radius 1 is 1.21 bits per heavy atom. The Hall–Kier alpha value is -1.02. The number of nitrogens with zero attached hydrogens (tertiary/aromatic N) is 4. The van der Waals surface area contributed by atoms with Gasteiger partial charge in [-0.1, -0.05) is 6.08 Å². The summed E-state index contributed by atoms with van der Waals surface area (Å²) in [6, 6.07) is 8.74. The molecule has 148 valence electrons. The van der Waals surface area contributed by atoms with E-state index in [1.165, 1.54) is 35.9 Å². The third kappa shape index (κ3) is 3.74. The zero-order chi connectivity index (χ0) is 19.7. The van der Waals surface area contributed by atoms with Crippen molar-refractivity contribution in [3.8, 4) is 6.07 Å². The topological polar surface area (TPSA) is 52.3 Å². The van der Waals surface area contributed by atoms with Gasteiger partial charge in [0, 0.05) is 73.8 Å². The summed E-state index contributed by atoms with van der Waals surface area (Å²) in [5.41, 5.74) is 5.42. The van der Waals surface area contributed by atoms with E-state index in [9.17, 15) is 9.47 Å². The van der Waals surface area contributed by atoms with E-state index in [1.807, 2.05) is 10.4 Å². The molecule has 0 spiro atoms. The lowest BCUT2D eigenvalue weighted by Crippen LogP contribution is -2.29. The van der Waals surface area contributed by atoms with Crippen molar-refractivity contribution in [1.29, 1.82) is 5.26 Å². The van der Waals surface area contributed by atoms with E-state index in [1.54, 1.807) is 15.4 Å². The van der Waals surface area contributed by atoms with Gasteiger partial charge in [0.2, 0.25) is 0 Å². The fourth-order valence-electron chi connectivity index (χ4n) is 4.19. The fourth-order valence-corrected chi connectivity index (χ4v) is 6.56. The molecule has 0 amide bonds. The molecular weight excluding hydrogens is 503 g/mol. The molecule has 0 saturated carbocycles. The number of fused-ring (bicyclic) bond motifs is 1. The van der Waals surface area contributed by atoms with Crippen LogP contribution in [0.5, 0.6) is 0 Å². The van der Waals surface area contributed by atoms with Crippen LogP contribution in [0.2, 0.25) is 0 Å². The van der Waals surface area contributed by atoms with Gasteiger partial charge in [-0.2, -0.15) is 5.26 Å². The van der Waals surface area contributed by atoms with Crippen LogP contribution >= 0.6 is 30.3 Å². The molecule has 2 aromatic rings. The van der Waals surface area contributed by atoms with Gasteiger partial charge in [0.05, 0.1) is 27.8 Å². The summed E-state index contributed by atoms with van der Waals surface area (Å²) in [6.07, 6.45) is 8.55. The number of halogens is 1. The van der Waals surface area contributed by atoms with Crippen molar-refractivity contribution in [3.05, 3.63) is 35.5 Å². The molecule has 4 rings (SSSR count). The Kier molecular flexibility index (Phi) is 6.35. The summed E-state index contributed by atoms with van der Waals surface area (Å²) >= 11 is 2.30. The Morgan fingerprint density at radius 3 is 2.61 bits per heavy atom. The minimum absolute atomic E-state index is 0.704. The number of nitriles is 1. The Bertz CT molecular complexity index is 988. The maximum absolute atomic E-state index is 11.8. The van der Waals surface area contributed by atoms with Crippen LogP contribution in [0.1, 0.15) is 36.9 Å². The predicted octanol–water partition coefficient (Wildman–Crippen LogP) is 4.73. The molecule has 2 aliphatic rings. The lowest BCUT2D eigenvalue weighted by molar-refractivity contribution is 0.486. The Balaban J connectivity index is 1.84. The lowest BCUT2D eigenvalue weighted by atomic mass is 10.0. The van der Waals surface area contributed by atoms with Crippen molar-refractivity contribution in [2.75, 3.05) is 37.3 Å². The third-order valence-corrected chi connectivity index (χ3v) is 8.41. The van der Waals surface area contributed by atoms with Crippen LogP contribution < -0.4 is 4.90 Å². The standard InChI is InChI=1S/C20H23IN4OS2/c1-28(26)24-11-7-15(8-12-24)19-13-17-18(23-9-3-2-4-10-23)6-5-16(14-22)20(17)25(19)27-21/h5-7,13H,2-4,8-12H2,1H3. The van der Waals surface area contributed by atoms with Crippen LogP contribution in [0, 0.1) is 11.3 Å². The number of benzene rings is 1. The molecule has 1 unspecified atom stereocenters. The second kappa shape index (κ2) is 8.78. The fraction of sp³-hybridized carbons (Fsp3) is 0.450. The van der Waals surface area contributed by atoms with Crippen LogP contribution in [0.25, 0.3) is 16.5 Å². The molecule has 2 aliphatic heterocycles. The number of anilines is 1. The van der Waals surface area contributed by atoms with Gasteiger partial charge in [0.15, 0.2) is 0 Å². The number of rotatable bonds is 4. The van der Waals surface area contributed by atoms with Crippen molar-refractivity contribution in [1.82, 2.24) is 8.28 Å². The molecule has 1 aromatic carbocycles. The SMILES string of the molecule is CS(=O)N1CC=C(c2cc3c(N4CCCCC4)ccc(C#N)c3n2SI)CC1. The predicted molar refractivity (Wildman–Crippen MR) is 128 cm³/mol. The van der Waals surface area contributed by atoms with Crippen LogP contribution in [0.15, 0.2) is 24.3 Å². The maximum atomic E-state index is 11.8. The number of piperidine rings is 1. The van der Waals surface area contributed by atoms with Crippen LogP contribution in [-0.2, 0) is 11.0 Å². The molecular formula is C20H23IN4OS2. The van der Waals surface area contributed by atoms with Gasteiger partial charge in [-0.05, 0) is 49.5 Å². The quantitative estimate of drug-likeness (QED) is 0.541. The number of hydrogen-bond donors (Lipinski definition) is 0. The highest BCUT2D eigenvalue weighted by Crippen LogP contribution is 2.40. The molecule has 0 radical (unpaired) electrons. The summed E-state index contributed by atoms with van der Waals surface area (Å²) in [6.45, 7) is 3.67. The zero-order valence-electron chi connectivity index (χ0n) is 15.9. The number of hydrogen-bond acceptors (Lipinski definition) is 4. The smallest absolute Gasteiger partial charge is 0.101 e. The highest BCUT2D eigenvalue weighted by Gasteiger charge is 2.23. The molecule has 1 saturated heterocycles. The first-order valence-corrected chi connectivity index (χ1v) is 14.4. The van der Waals surface area contributed by atoms with Crippen molar-refractivity contribution in [2.45, 2.75) is 25.7 Å². The highest BCUT2D eigenvalue weighted by molar-refractivity contribution is 14.2. The highest BCUT2D eigenvalue weighted by atomic mass is 127. The van der Waals surface area contributed by atoms with Crippen LogP contribution in [0.4, 0.5) is 5.69 Å². The second-order valence-electron chi connectivity index (χ2n) is 7.24. The normalized spacial score (nSPS) is 19.5. The summed E-state index contributed by atoms with van der Waals surface area (Å²) in [5, 5.41) is 10.9. The van der Waals surface area contributed by atoms with Gasteiger partial charge in [-0.25, -0.2) is 8.51 Å². The van der Waals surface area contributed by atoms with Crippen LogP contribution in [0.3, 0.4) is 0 Å². The van der Waals surface area contributed by atoms with E-state index in [0.717, 1.165) is 42.8 Å². The minimum Gasteiger partial charge on any atom is -0.371 e. The number of aromatic nitrogens is 1.